The number of para-hydroxylation sites is 1. The van der Waals surface area contributed by atoms with Gasteiger partial charge in [0, 0.05) is 16.7 Å². The summed E-state index contributed by atoms with van der Waals surface area (Å²) in [6.45, 7) is 0.166. The molecule has 156 valence electrons. The Morgan fingerprint density at radius 3 is 2.29 bits per heavy atom. The number of amidine groups is 1. The van der Waals surface area contributed by atoms with Crippen LogP contribution >= 0.6 is 0 Å². The average Bonchev–Trinajstić information content (AvgIpc) is 2.93. The molecule has 4 rings (SSSR count). The largest absolute Gasteiger partial charge is 0.407 e. The Hall–Kier alpha value is -4.33. The number of amides is 1. The second kappa shape index (κ2) is 9.93. The second-order valence-corrected chi connectivity index (χ2v) is 6.43. The predicted molar refractivity (Wildman–Crippen MR) is 118 cm³/mol. The zero-order chi connectivity index (χ0) is 22.2. The van der Waals surface area contributed by atoms with Crippen molar-refractivity contribution in [2.75, 3.05) is 11.9 Å². The van der Waals surface area contributed by atoms with Crippen LogP contribution in [0.25, 0.3) is 0 Å². The van der Waals surface area contributed by atoms with Crippen molar-refractivity contribution in [2.45, 2.75) is 0 Å². The van der Waals surface area contributed by atoms with Crippen LogP contribution in [-0.4, -0.2) is 30.1 Å². The van der Waals surface area contributed by atoms with Crippen LogP contribution in [0.15, 0.2) is 83.9 Å². The van der Waals surface area contributed by atoms with Gasteiger partial charge in [-0.25, -0.2) is 4.39 Å². The van der Waals surface area contributed by atoms with E-state index < -0.39 is 6.02 Å². The van der Waals surface area contributed by atoms with Gasteiger partial charge in [-0.15, -0.1) is 0 Å². The third-order valence-corrected chi connectivity index (χ3v) is 4.20. The number of benzene rings is 3. The molecule has 0 aliphatic carbocycles. The molecule has 7 nitrogen and oxygen atoms in total. The molecule has 1 aliphatic rings. The van der Waals surface area contributed by atoms with E-state index in [1.165, 1.54) is 24.3 Å². The number of hydrogen-bond donors (Lipinski definition) is 4. The number of aliphatic imine (C=N–C) groups is 1. The van der Waals surface area contributed by atoms with Gasteiger partial charge in [-0.1, -0.05) is 48.5 Å². The summed E-state index contributed by atoms with van der Waals surface area (Å²) in [5.74, 6) is -0.736. The van der Waals surface area contributed by atoms with Crippen LogP contribution in [-0.2, 0) is 9.53 Å². The number of fused-ring (bicyclic) bond motifs is 1. The summed E-state index contributed by atoms with van der Waals surface area (Å²) in [5.41, 5.74) is 8.96. The number of nitrogens with two attached hydrogens (primary N) is 1. The zero-order valence-electron chi connectivity index (χ0n) is 16.4. The second-order valence-electron chi connectivity index (χ2n) is 6.43. The lowest BCUT2D eigenvalue weighted by atomic mass is 10.0. The maximum absolute atomic E-state index is 12.4. The summed E-state index contributed by atoms with van der Waals surface area (Å²) in [5, 5.41) is 16.9. The van der Waals surface area contributed by atoms with Gasteiger partial charge in [0.05, 0.1) is 11.4 Å². The van der Waals surface area contributed by atoms with Gasteiger partial charge in [0.2, 0.25) is 11.8 Å². The van der Waals surface area contributed by atoms with Crippen LogP contribution in [0.2, 0.25) is 0 Å². The lowest BCUT2D eigenvalue weighted by Crippen LogP contribution is -2.19. The molecule has 3 aromatic carbocycles. The van der Waals surface area contributed by atoms with Gasteiger partial charge >= 0.3 is 0 Å². The number of anilines is 1. The van der Waals surface area contributed by atoms with Gasteiger partial charge in [-0.3, -0.25) is 20.6 Å². The molecule has 0 saturated heterocycles. The number of hydrogen-bond acceptors (Lipinski definition) is 5. The Labute approximate surface area is 178 Å². The minimum atomic E-state index is -0.561. The predicted octanol–water partition coefficient (Wildman–Crippen LogP) is 3.54. The van der Waals surface area contributed by atoms with Gasteiger partial charge in [0.15, 0.2) is 0 Å². The number of rotatable bonds is 2. The first-order valence-corrected chi connectivity index (χ1v) is 9.29. The Balaban J connectivity index is 0.000000187. The van der Waals surface area contributed by atoms with E-state index in [1.54, 1.807) is 0 Å². The zero-order valence-corrected chi connectivity index (χ0v) is 16.4. The van der Waals surface area contributed by atoms with Crippen LogP contribution in [0.3, 0.4) is 0 Å². The number of halogens is 1. The topological polar surface area (TPSA) is 124 Å². The molecule has 0 bridgehead atoms. The van der Waals surface area contributed by atoms with Crippen LogP contribution in [0.5, 0.6) is 0 Å². The van der Waals surface area contributed by atoms with Crippen molar-refractivity contribution in [1.82, 2.24) is 0 Å². The van der Waals surface area contributed by atoms with E-state index in [4.69, 9.17) is 16.6 Å². The van der Waals surface area contributed by atoms with E-state index in [1.807, 2.05) is 54.6 Å². The molecular weight excluding hydrogens is 397 g/mol. The van der Waals surface area contributed by atoms with Crippen molar-refractivity contribution in [2.24, 2.45) is 10.7 Å². The van der Waals surface area contributed by atoms with E-state index in [0.717, 1.165) is 22.5 Å². The summed E-state index contributed by atoms with van der Waals surface area (Å²) >= 11 is 0. The molecule has 0 aromatic heterocycles. The molecule has 5 N–H and O–H groups in total. The number of carbonyl (C=O) groups is 1. The van der Waals surface area contributed by atoms with Crippen LogP contribution in [0.4, 0.5) is 10.1 Å². The maximum Gasteiger partial charge on any atom is 0.285 e. The Kier molecular flexibility index (Phi) is 6.85. The lowest BCUT2D eigenvalue weighted by Gasteiger charge is -2.09. The van der Waals surface area contributed by atoms with Crippen molar-refractivity contribution in [3.8, 4) is 0 Å². The van der Waals surface area contributed by atoms with E-state index in [2.05, 4.69) is 15.0 Å². The molecule has 1 aliphatic heterocycles. The van der Waals surface area contributed by atoms with Gasteiger partial charge in [-0.2, -0.15) is 0 Å². The summed E-state index contributed by atoms with van der Waals surface area (Å²) in [6, 6.07) is 22.3. The van der Waals surface area contributed by atoms with Crippen molar-refractivity contribution in [3.05, 3.63) is 101 Å². The van der Waals surface area contributed by atoms with Crippen molar-refractivity contribution in [1.29, 1.82) is 10.8 Å². The molecule has 0 unspecified atom stereocenters. The van der Waals surface area contributed by atoms with Crippen molar-refractivity contribution in [3.63, 3.8) is 0 Å². The highest BCUT2D eigenvalue weighted by atomic mass is 19.1. The van der Waals surface area contributed by atoms with Gasteiger partial charge in [0.1, 0.15) is 12.4 Å². The molecule has 3 aromatic rings. The molecule has 0 saturated carbocycles. The van der Waals surface area contributed by atoms with E-state index in [-0.39, 0.29) is 24.2 Å². The van der Waals surface area contributed by atoms with Crippen molar-refractivity contribution >= 4 is 29.2 Å². The molecule has 1 amide bonds. The summed E-state index contributed by atoms with van der Waals surface area (Å²) in [4.78, 5) is 16.0. The smallest absolute Gasteiger partial charge is 0.285 e. The van der Waals surface area contributed by atoms with Crippen LogP contribution < -0.4 is 11.1 Å². The molecule has 0 fully saturated rings. The molecule has 0 spiro atoms. The molecule has 0 atom stereocenters. The number of carbonyl (C=O) groups excluding carboxylic acids is 1. The first-order chi connectivity index (χ1) is 14.9. The first-order valence-electron chi connectivity index (χ1n) is 9.29. The summed E-state index contributed by atoms with van der Waals surface area (Å²) < 4.78 is 16.9. The highest BCUT2D eigenvalue weighted by Gasteiger charge is 2.16. The van der Waals surface area contributed by atoms with Gasteiger partial charge in [0.25, 0.3) is 6.02 Å². The first kappa shape index (κ1) is 21.4. The quantitative estimate of drug-likeness (QED) is 0.376. The molecule has 1 heterocycles. The summed E-state index contributed by atoms with van der Waals surface area (Å²) in [7, 11) is 0. The fourth-order valence-electron chi connectivity index (χ4n) is 2.84. The minimum absolute atomic E-state index is 0.0756. The number of nitrogens with zero attached hydrogens (tertiary/aromatic N) is 1. The highest BCUT2D eigenvalue weighted by molar-refractivity contribution is 6.19. The summed E-state index contributed by atoms with van der Waals surface area (Å²) in [6.07, 6.45) is 0. The Bertz CT molecular complexity index is 1130. The van der Waals surface area contributed by atoms with E-state index >= 15 is 0 Å². The standard InChI is InChI=1S/C15H12N2O.C8H8FN3O/c18-14-10-16-15(11-6-2-1-3-7-11)12-8-4-5-9-13(12)17-14;9-6-3-1-5(2-4-6)7(10)13-8(11)12/h1-9H,10H2,(H,17,18);1-4,10H,(H3,11,12). The normalized spacial score (nSPS) is 12.2. The number of benzodiazepines with no additional fused rings is 1. The average molecular weight is 417 g/mol. The molecule has 0 radical (unpaired) electrons. The van der Waals surface area contributed by atoms with Crippen molar-refractivity contribution < 1.29 is 13.9 Å². The van der Waals surface area contributed by atoms with Gasteiger partial charge in [-0.05, 0) is 30.3 Å². The highest BCUT2D eigenvalue weighted by Crippen LogP contribution is 2.22. The Morgan fingerprint density at radius 1 is 0.968 bits per heavy atom. The Morgan fingerprint density at radius 2 is 1.61 bits per heavy atom. The number of nitrogens with one attached hydrogen (secondary N) is 3. The third-order valence-electron chi connectivity index (χ3n) is 4.20. The maximum atomic E-state index is 12.4. The van der Waals surface area contributed by atoms with Gasteiger partial charge < -0.3 is 15.8 Å². The SMILES string of the molecule is N=C(N)OC(=N)c1ccc(F)cc1.O=C1CN=C(c2ccccc2)c2ccccc2N1. The lowest BCUT2D eigenvalue weighted by molar-refractivity contribution is -0.114. The van der Waals surface area contributed by atoms with E-state index in [0.29, 0.717) is 5.56 Å². The van der Waals surface area contributed by atoms with Crippen LogP contribution in [0.1, 0.15) is 16.7 Å². The fourth-order valence-corrected chi connectivity index (χ4v) is 2.84. The van der Waals surface area contributed by atoms with Crippen LogP contribution in [0, 0.1) is 16.6 Å². The fraction of sp³-hybridized carbons (Fsp3) is 0.0435. The van der Waals surface area contributed by atoms with E-state index in [9.17, 15) is 9.18 Å². The third kappa shape index (κ3) is 5.83. The minimum Gasteiger partial charge on any atom is -0.407 e. The monoisotopic (exact) mass is 417 g/mol. The molecule has 8 heteroatoms. The molecular formula is C23H20FN5O2. The molecule has 31 heavy (non-hydrogen) atoms. The number of ether oxygens (including phenoxy) is 1.